The highest BCUT2D eigenvalue weighted by atomic mass is 19.4. The van der Waals surface area contributed by atoms with Gasteiger partial charge in [-0.05, 0) is 41.3 Å². The van der Waals surface area contributed by atoms with E-state index in [4.69, 9.17) is 5.73 Å². The van der Waals surface area contributed by atoms with Gasteiger partial charge in [-0.15, -0.1) is 0 Å². The summed E-state index contributed by atoms with van der Waals surface area (Å²) < 4.78 is 38.7. The molecule has 4 N–H and O–H groups in total. The first-order valence-electron chi connectivity index (χ1n) is 8.09. The molecule has 0 aliphatic rings. The third-order valence-electron chi connectivity index (χ3n) is 4.21. The van der Waals surface area contributed by atoms with E-state index in [0.717, 1.165) is 12.1 Å². The van der Waals surface area contributed by atoms with Gasteiger partial charge in [0.2, 0.25) is 5.91 Å². The van der Waals surface area contributed by atoms with Gasteiger partial charge in [-0.1, -0.05) is 18.2 Å². The molecule has 0 aliphatic carbocycles. The van der Waals surface area contributed by atoms with Crippen LogP contribution in [0.25, 0.3) is 10.8 Å². The van der Waals surface area contributed by atoms with E-state index in [9.17, 15) is 22.8 Å². The Morgan fingerprint density at radius 1 is 1.15 bits per heavy atom. The van der Waals surface area contributed by atoms with Crippen molar-refractivity contribution in [3.8, 4) is 0 Å². The van der Waals surface area contributed by atoms with Crippen molar-refractivity contribution in [2.45, 2.75) is 12.1 Å². The number of nitrogens with two attached hydrogens (primary N) is 1. The monoisotopic (exact) mass is 375 g/mol. The van der Waals surface area contributed by atoms with Crippen LogP contribution in [0.4, 0.5) is 18.9 Å². The Bertz CT molecular complexity index is 1040. The number of alkyl halides is 3. The predicted octanol–water partition coefficient (Wildman–Crippen LogP) is 3.23. The predicted molar refractivity (Wildman–Crippen MR) is 96.4 cm³/mol. The molecule has 1 amide bonds. The Hall–Kier alpha value is -3.13. The fourth-order valence-electron chi connectivity index (χ4n) is 2.83. The van der Waals surface area contributed by atoms with Crippen LogP contribution < -0.4 is 16.6 Å². The summed E-state index contributed by atoms with van der Waals surface area (Å²) in [5, 5.41) is 3.74. The zero-order valence-electron chi connectivity index (χ0n) is 14.0. The molecule has 0 bridgehead atoms. The van der Waals surface area contributed by atoms with Crippen LogP contribution in [-0.4, -0.2) is 17.4 Å². The van der Waals surface area contributed by atoms with Gasteiger partial charge in [-0.25, -0.2) is 0 Å². The van der Waals surface area contributed by atoms with Crippen LogP contribution in [-0.2, 0) is 11.0 Å². The van der Waals surface area contributed by atoms with E-state index in [1.807, 2.05) is 0 Å². The Labute approximate surface area is 152 Å². The summed E-state index contributed by atoms with van der Waals surface area (Å²) in [6.07, 6.45) is -3.02. The maximum atomic E-state index is 12.9. The highest BCUT2D eigenvalue weighted by Crippen LogP contribution is 2.31. The fourth-order valence-corrected chi connectivity index (χ4v) is 2.83. The zero-order chi connectivity index (χ0) is 19.6. The van der Waals surface area contributed by atoms with E-state index in [1.165, 1.54) is 18.3 Å². The largest absolute Gasteiger partial charge is 0.416 e. The maximum absolute atomic E-state index is 12.9. The molecule has 0 fully saturated rings. The Kier molecular flexibility index (Phi) is 5.00. The lowest BCUT2D eigenvalue weighted by Crippen LogP contribution is -2.27. The van der Waals surface area contributed by atoms with Crippen molar-refractivity contribution in [1.29, 1.82) is 0 Å². The van der Waals surface area contributed by atoms with Gasteiger partial charge in [0.15, 0.2) is 0 Å². The summed E-state index contributed by atoms with van der Waals surface area (Å²) in [6, 6.07) is 11.0. The van der Waals surface area contributed by atoms with E-state index < -0.39 is 23.6 Å². The molecule has 0 aliphatic heterocycles. The van der Waals surface area contributed by atoms with Crippen molar-refractivity contribution in [2.24, 2.45) is 5.73 Å². The number of carbonyl (C=O) groups is 1. The normalized spacial score (nSPS) is 12.7. The number of benzene rings is 2. The molecule has 3 aromatic rings. The van der Waals surface area contributed by atoms with Crippen LogP contribution >= 0.6 is 0 Å². The molecule has 2 aromatic carbocycles. The molecule has 1 aromatic heterocycles. The van der Waals surface area contributed by atoms with Gasteiger partial charge in [0, 0.05) is 23.8 Å². The first-order chi connectivity index (χ1) is 12.8. The van der Waals surface area contributed by atoms with Gasteiger partial charge in [0.1, 0.15) is 0 Å². The third-order valence-corrected chi connectivity index (χ3v) is 4.21. The Balaban J connectivity index is 1.87. The standard InChI is InChI=1S/C19H16F3N3O2/c20-19(21,22)13-3-1-2-11(8-13)16(10-23)18(27)25-14-4-5-15-12(9-14)6-7-24-17(15)26/h1-9,16H,10,23H2,(H,24,26)(H,25,27). The second-order valence-electron chi connectivity index (χ2n) is 6.01. The SMILES string of the molecule is NCC(C(=O)Nc1ccc2c(=O)[nH]ccc2c1)c1cccc(C(F)(F)F)c1. The molecular weight excluding hydrogens is 359 g/mol. The number of pyridine rings is 1. The zero-order valence-corrected chi connectivity index (χ0v) is 14.0. The number of halogens is 3. The van der Waals surface area contributed by atoms with Gasteiger partial charge >= 0.3 is 6.18 Å². The minimum absolute atomic E-state index is 0.152. The van der Waals surface area contributed by atoms with E-state index >= 15 is 0 Å². The van der Waals surface area contributed by atoms with Crippen molar-refractivity contribution in [2.75, 3.05) is 11.9 Å². The van der Waals surface area contributed by atoms with Crippen molar-refractivity contribution >= 4 is 22.4 Å². The summed E-state index contributed by atoms with van der Waals surface area (Å²) >= 11 is 0. The molecule has 8 heteroatoms. The summed E-state index contributed by atoms with van der Waals surface area (Å²) in [6.45, 7) is -0.152. The number of hydrogen-bond donors (Lipinski definition) is 3. The summed E-state index contributed by atoms with van der Waals surface area (Å²) in [4.78, 5) is 26.8. The van der Waals surface area contributed by atoms with Gasteiger partial charge in [0.25, 0.3) is 5.56 Å². The van der Waals surface area contributed by atoms with Crippen LogP contribution in [0, 0.1) is 0 Å². The van der Waals surface area contributed by atoms with Crippen molar-refractivity contribution in [3.63, 3.8) is 0 Å². The number of hydrogen-bond acceptors (Lipinski definition) is 3. The molecule has 140 valence electrons. The summed E-state index contributed by atoms with van der Waals surface area (Å²) in [5.74, 6) is -1.47. The minimum atomic E-state index is -4.50. The number of anilines is 1. The van der Waals surface area contributed by atoms with Crippen LogP contribution in [0.5, 0.6) is 0 Å². The first kappa shape index (κ1) is 18.7. The minimum Gasteiger partial charge on any atom is -0.329 e. The summed E-state index contributed by atoms with van der Waals surface area (Å²) in [5.41, 5.74) is 5.15. The van der Waals surface area contributed by atoms with E-state index in [-0.39, 0.29) is 17.7 Å². The number of rotatable bonds is 4. The van der Waals surface area contributed by atoms with Crippen LogP contribution in [0.3, 0.4) is 0 Å². The van der Waals surface area contributed by atoms with Gasteiger partial charge in [-0.2, -0.15) is 13.2 Å². The molecule has 0 radical (unpaired) electrons. The van der Waals surface area contributed by atoms with Crippen molar-refractivity contribution in [3.05, 3.63) is 76.2 Å². The van der Waals surface area contributed by atoms with E-state index in [0.29, 0.717) is 16.5 Å². The van der Waals surface area contributed by atoms with E-state index in [1.54, 1.807) is 24.3 Å². The number of carbonyl (C=O) groups excluding carboxylic acids is 1. The van der Waals surface area contributed by atoms with E-state index in [2.05, 4.69) is 10.3 Å². The molecule has 1 atom stereocenters. The molecule has 1 heterocycles. The second-order valence-corrected chi connectivity index (χ2v) is 6.01. The van der Waals surface area contributed by atoms with Gasteiger partial charge < -0.3 is 16.0 Å². The molecule has 3 rings (SSSR count). The Morgan fingerprint density at radius 3 is 2.63 bits per heavy atom. The number of fused-ring (bicyclic) bond motifs is 1. The number of amides is 1. The molecule has 1 unspecified atom stereocenters. The second kappa shape index (κ2) is 7.24. The number of nitrogens with one attached hydrogen (secondary N) is 2. The summed E-state index contributed by atoms with van der Waals surface area (Å²) in [7, 11) is 0. The van der Waals surface area contributed by atoms with Crippen molar-refractivity contribution in [1.82, 2.24) is 4.98 Å². The number of aromatic nitrogens is 1. The molecular formula is C19H16F3N3O2. The van der Waals surface area contributed by atoms with Gasteiger partial charge in [0.05, 0.1) is 11.5 Å². The lowest BCUT2D eigenvalue weighted by atomic mass is 9.96. The first-order valence-corrected chi connectivity index (χ1v) is 8.09. The Morgan fingerprint density at radius 2 is 1.93 bits per heavy atom. The highest BCUT2D eigenvalue weighted by molar-refractivity contribution is 5.98. The van der Waals surface area contributed by atoms with Crippen LogP contribution in [0.15, 0.2) is 59.5 Å². The number of H-pyrrole nitrogens is 1. The average molecular weight is 375 g/mol. The molecule has 0 spiro atoms. The topological polar surface area (TPSA) is 88.0 Å². The third kappa shape index (κ3) is 4.01. The number of aromatic amines is 1. The van der Waals surface area contributed by atoms with Crippen molar-refractivity contribution < 1.29 is 18.0 Å². The fraction of sp³-hybridized carbons (Fsp3) is 0.158. The molecule has 5 nitrogen and oxygen atoms in total. The lowest BCUT2D eigenvalue weighted by Gasteiger charge is -2.17. The molecule has 0 saturated heterocycles. The van der Waals surface area contributed by atoms with Crippen LogP contribution in [0.2, 0.25) is 0 Å². The molecule has 0 saturated carbocycles. The average Bonchev–Trinajstić information content (AvgIpc) is 2.62. The molecule has 27 heavy (non-hydrogen) atoms. The smallest absolute Gasteiger partial charge is 0.329 e. The highest BCUT2D eigenvalue weighted by Gasteiger charge is 2.31. The lowest BCUT2D eigenvalue weighted by molar-refractivity contribution is -0.137. The quantitative estimate of drug-likeness (QED) is 0.654. The maximum Gasteiger partial charge on any atom is 0.416 e. The van der Waals surface area contributed by atoms with Crippen LogP contribution in [0.1, 0.15) is 17.0 Å². The van der Waals surface area contributed by atoms with Gasteiger partial charge in [-0.3, -0.25) is 9.59 Å².